The van der Waals surface area contributed by atoms with Crippen molar-refractivity contribution in [3.05, 3.63) is 46.2 Å². The van der Waals surface area contributed by atoms with E-state index in [0.717, 1.165) is 27.1 Å². The van der Waals surface area contributed by atoms with Crippen molar-refractivity contribution in [2.75, 3.05) is 5.73 Å². The summed E-state index contributed by atoms with van der Waals surface area (Å²) in [6.07, 6.45) is 1.75. The van der Waals surface area contributed by atoms with E-state index in [-0.39, 0.29) is 0 Å². The quantitative estimate of drug-likeness (QED) is 0.697. The molecule has 5 nitrogen and oxygen atoms in total. The summed E-state index contributed by atoms with van der Waals surface area (Å²) in [6, 6.07) is 11.9. The predicted octanol–water partition coefficient (Wildman–Crippen LogP) is 3.21. The summed E-state index contributed by atoms with van der Waals surface area (Å²) in [5.74, 6) is 1.09. The van der Waals surface area contributed by atoms with Crippen LogP contribution in [0.1, 0.15) is 6.92 Å². The lowest BCUT2D eigenvalue weighted by molar-refractivity contribution is 0.664. The van der Waals surface area contributed by atoms with E-state index in [4.69, 9.17) is 10.7 Å². The Labute approximate surface area is 136 Å². The second kappa shape index (κ2) is 5.80. The van der Waals surface area contributed by atoms with E-state index in [1.807, 2.05) is 48.0 Å². The molecule has 0 saturated heterocycles. The third-order valence-corrected chi connectivity index (χ3v) is 4.23. The van der Waals surface area contributed by atoms with Crippen molar-refractivity contribution in [1.82, 2.24) is 19.7 Å². The Bertz CT molecular complexity index is 767. The molecular weight excluding hydrogens is 377 g/mol. The van der Waals surface area contributed by atoms with E-state index in [1.165, 1.54) is 0 Å². The van der Waals surface area contributed by atoms with E-state index >= 15 is 0 Å². The Morgan fingerprint density at radius 3 is 2.62 bits per heavy atom. The summed E-state index contributed by atoms with van der Waals surface area (Å²) < 4.78 is 2.72. The number of rotatable bonds is 3. The smallest absolute Gasteiger partial charge is 0.180 e. The number of benzene rings is 1. The number of nitrogens with zero attached hydrogens (tertiary/aromatic N) is 4. The van der Waals surface area contributed by atoms with Gasteiger partial charge in [0.1, 0.15) is 11.5 Å². The predicted molar refractivity (Wildman–Crippen MR) is 91.5 cm³/mol. The van der Waals surface area contributed by atoms with E-state index in [2.05, 4.69) is 32.7 Å². The zero-order valence-electron chi connectivity index (χ0n) is 11.5. The Morgan fingerprint density at radius 2 is 1.90 bits per heavy atom. The first-order chi connectivity index (χ1) is 10.2. The van der Waals surface area contributed by atoms with Gasteiger partial charge in [0.15, 0.2) is 5.82 Å². The zero-order chi connectivity index (χ0) is 14.8. The maximum Gasteiger partial charge on any atom is 0.180 e. The number of aryl methyl sites for hydroxylation is 1. The van der Waals surface area contributed by atoms with Gasteiger partial charge in [-0.2, -0.15) is 5.10 Å². The second-order valence-corrected chi connectivity index (χ2v) is 5.57. The maximum absolute atomic E-state index is 6.07. The van der Waals surface area contributed by atoms with Gasteiger partial charge in [-0.25, -0.2) is 9.97 Å². The zero-order valence-corrected chi connectivity index (χ0v) is 13.7. The van der Waals surface area contributed by atoms with Gasteiger partial charge in [0.25, 0.3) is 0 Å². The molecule has 3 rings (SSSR count). The Kier molecular flexibility index (Phi) is 3.87. The van der Waals surface area contributed by atoms with Crippen molar-refractivity contribution >= 4 is 28.4 Å². The van der Waals surface area contributed by atoms with Crippen molar-refractivity contribution in [1.29, 1.82) is 0 Å². The van der Waals surface area contributed by atoms with Crippen LogP contribution in [0.25, 0.3) is 22.8 Å². The van der Waals surface area contributed by atoms with Crippen LogP contribution in [0.15, 0.2) is 42.6 Å². The highest BCUT2D eigenvalue weighted by Crippen LogP contribution is 2.29. The van der Waals surface area contributed by atoms with Crippen molar-refractivity contribution < 1.29 is 0 Å². The normalized spacial score (nSPS) is 10.8. The lowest BCUT2D eigenvalue weighted by atomic mass is 10.1. The molecule has 0 atom stereocenters. The minimum atomic E-state index is 0.489. The third kappa shape index (κ3) is 2.63. The molecule has 0 aliphatic rings. The summed E-state index contributed by atoms with van der Waals surface area (Å²) in [5, 5.41) is 4.26. The average Bonchev–Trinajstić information content (AvgIpc) is 2.99. The molecular formula is C15H14IN5. The van der Waals surface area contributed by atoms with E-state index in [1.54, 1.807) is 6.20 Å². The molecule has 0 fully saturated rings. The highest BCUT2D eigenvalue weighted by Gasteiger charge is 2.15. The Balaban J connectivity index is 2.19. The fourth-order valence-corrected chi connectivity index (χ4v) is 2.69. The molecule has 0 radical (unpaired) electrons. The minimum absolute atomic E-state index is 0.489. The van der Waals surface area contributed by atoms with Gasteiger partial charge in [-0.1, -0.05) is 30.3 Å². The van der Waals surface area contributed by atoms with E-state index in [9.17, 15) is 0 Å². The molecule has 0 saturated carbocycles. The minimum Gasteiger partial charge on any atom is -0.383 e. The number of anilines is 1. The molecule has 0 amide bonds. The molecule has 0 unspecified atom stereocenters. The van der Waals surface area contributed by atoms with Crippen LogP contribution in [-0.4, -0.2) is 19.7 Å². The number of hydrogen-bond acceptors (Lipinski definition) is 4. The number of hydrogen-bond donors (Lipinski definition) is 1. The van der Waals surface area contributed by atoms with Gasteiger partial charge in [-0.05, 0) is 35.6 Å². The molecule has 2 N–H and O–H groups in total. The summed E-state index contributed by atoms with van der Waals surface area (Å²) in [6.45, 7) is 2.79. The van der Waals surface area contributed by atoms with Crippen molar-refractivity contribution in [2.24, 2.45) is 0 Å². The summed E-state index contributed by atoms with van der Waals surface area (Å²) in [4.78, 5) is 9.10. The van der Waals surface area contributed by atoms with Crippen molar-refractivity contribution in [3.63, 3.8) is 0 Å². The van der Waals surface area contributed by atoms with E-state index < -0.39 is 0 Å². The van der Waals surface area contributed by atoms with Crippen LogP contribution >= 0.6 is 22.6 Å². The van der Waals surface area contributed by atoms with Crippen LogP contribution < -0.4 is 5.73 Å². The van der Waals surface area contributed by atoms with Gasteiger partial charge >= 0.3 is 0 Å². The first kappa shape index (κ1) is 14.0. The molecule has 0 aliphatic carbocycles. The van der Waals surface area contributed by atoms with Gasteiger partial charge in [0.05, 0.1) is 9.26 Å². The van der Waals surface area contributed by atoms with Gasteiger partial charge in [0.2, 0.25) is 0 Å². The monoisotopic (exact) mass is 391 g/mol. The molecule has 21 heavy (non-hydrogen) atoms. The average molecular weight is 391 g/mol. The first-order valence-electron chi connectivity index (χ1n) is 6.61. The molecule has 0 bridgehead atoms. The fraction of sp³-hybridized carbons (Fsp3) is 0.133. The lowest BCUT2D eigenvalue weighted by Crippen LogP contribution is -2.06. The highest BCUT2D eigenvalue weighted by atomic mass is 127. The lowest BCUT2D eigenvalue weighted by Gasteiger charge is -2.10. The second-order valence-electron chi connectivity index (χ2n) is 4.49. The molecule has 6 heteroatoms. The van der Waals surface area contributed by atoms with Crippen LogP contribution in [0.2, 0.25) is 0 Å². The van der Waals surface area contributed by atoms with Gasteiger partial charge < -0.3 is 5.73 Å². The molecule has 106 valence electrons. The molecule has 2 aromatic heterocycles. The molecule has 3 aromatic rings. The van der Waals surface area contributed by atoms with Crippen LogP contribution in [0.5, 0.6) is 0 Å². The van der Waals surface area contributed by atoms with Gasteiger partial charge in [0, 0.05) is 18.3 Å². The number of nitrogens with two attached hydrogens (primary N) is 1. The van der Waals surface area contributed by atoms with Gasteiger partial charge in [-0.15, -0.1) is 0 Å². The van der Waals surface area contributed by atoms with Crippen LogP contribution in [0.4, 0.5) is 5.82 Å². The van der Waals surface area contributed by atoms with Crippen molar-refractivity contribution in [2.45, 2.75) is 13.5 Å². The molecule has 1 aromatic carbocycles. The Hall–Kier alpha value is -1.96. The third-order valence-electron chi connectivity index (χ3n) is 3.17. The number of aromatic nitrogens is 4. The fourth-order valence-electron chi connectivity index (χ4n) is 2.14. The Morgan fingerprint density at radius 1 is 1.14 bits per heavy atom. The van der Waals surface area contributed by atoms with E-state index in [0.29, 0.717) is 11.6 Å². The molecule has 0 aliphatic heterocycles. The maximum atomic E-state index is 6.07. The topological polar surface area (TPSA) is 69.6 Å². The summed E-state index contributed by atoms with van der Waals surface area (Å²) in [7, 11) is 0. The summed E-state index contributed by atoms with van der Waals surface area (Å²) in [5.41, 5.74) is 8.82. The van der Waals surface area contributed by atoms with Gasteiger partial charge in [-0.3, -0.25) is 4.68 Å². The number of nitrogen functional groups attached to an aromatic ring is 1. The molecule has 0 spiro atoms. The number of halogens is 1. The standard InChI is InChI=1S/C15H14IN5/c1-2-21-11(8-9-18-21)15-19-13(12(16)14(17)20-15)10-6-4-3-5-7-10/h3-9H,2H2,1H3,(H2,17,19,20). The van der Waals surface area contributed by atoms with Crippen LogP contribution in [0.3, 0.4) is 0 Å². The SMILES string of the molecule is CCn1nccc1-c1nc(N)c(I)c(-c2ccccc2)n1. The van der Waals surface area contributed by atoms with Crippen LogP contribution in [-0.2, 0) is 6.54 Å². The van der Waals surface area contributed by atoms with Crippen molar-refractivity contribution in [3.8, 4) is 22.8 Å². The largest absolute Gasteiger partial charge is 0.383 e. The molecule has 2 heterocycles. The highest BCUT2D eigenvalue weighted by molar-refractivity contribution is 14.1. The first-order valence-corrected chi connectivity index (χ1v) is 7.69. The van der Waals surface area contributed by atoms with Crippen LogP contribution in [0, 0.1) is 3.57 Å². The summed E-state index contributed by atoms with van der Waals surface area (Å²) >= 11 is 2.19.